The quantitative estimate of drug-likeness (QED) is 0.470. The SMILES string of the molecule is CC(C)[C@H](NS(=O)(=O)c1ccc(Br)cc1)C(=O)NCCC(=O)NCc1ccccc1. The predicted molar refractivity (Wildman–Crippen MR) is 119 cm³/mol. The largest absolute Gasteiger partial charge is 0.354 e. The molecule has 0 bridgehead atoms. The van der Waals surface area contributed by atoms with Gasteiger partial charge in [-0.3, -0.25) is 9.59 Å². The first-order valence-electron chi connectivity index (χ1n) is 9.55. The van der Waals surface area contributed by atoms with Crippen molar-refractivity contribution in [3.8, 4) is 0 Å². The third kappa shape index (κ3) is 7.55. The highest BCUT2D eigenvalue weighted by molar-refractivity contribution is 9.10. The van der Waals surface area contributed by atoms with Crippen LogP contribution < -0.4 is 15.4 Å². The maximum atomic E-state index is 12.6. The van der Waals surface area contributed by atoms with Crippen molar-refractivity contribution in [2.45, 2.75) is 37.8 Å². The van der Waals surface area contributed by atoms with Crippen molar-refractivity contribution < 1.29 is 18.0 Å². The third-order valence-corrected chi connectivity index (χ3v) is 6.32. The fourth-order valence-electron chi connectivity index (χ4n) is 2.64. The average molecular weight is 496 g/mol. The minimum Gasteiger partial charge on any atom is -0.354 e. The van der Waals surface area contributed by atoms with E-state index in [1.165, 1.54) is 12.1 Å². The van der Waals surface area contributed by atoms with Gasteiger partial charge in [-0.05, 0) is 35.7 Å². The summed E-state index contributed by atoms with van der Waals surface area (Å²) in [7, 11) is -3.86. The summed E-state index contributed by atoms with van der Waals surface area (Å²) < 4.78 is 28.4. The molecule has 2 amide bonds. The second kappa shape index (κ2) is 11.2. The van der Waals surface area contributed by atoms with Crippen molar-refractivity contribution in [3.05, 3.63) is 64.6 Å². The Labute approximate surface area is 185 Å². The molecular weight excluding hydrogens is 470 g/mol. The Kier molecular flexibility index (Phi) is 9.01. The van der Waals surface area contributed by atoms with Crippen molar-refractivity contribution in [1.29, 1.82) is 0 Å². The van der Waals surface area contributed by atoms with Crippen LogP contribution in [0.3, 0.4) is 0 Å². The standard InChI is InChI=1S/C21H26BrN3O4S/c1-15(2)20(25-30(28,29)18-10-8-17(22)9-11-18)21(27)23-13-12-19(26)24-14-16-6-4-3-5-7-16/h3-11,15,20,25H,12-14H2,1-2H3,(H,23,27)(H,24,26)/t20-/m0/s1. The molecule has 0 aliphatic carbocycles. The smallest absolute Gasteiger partial charge is 0.241 e. The molecule has 0 radical (unpaired) electrons. The summed E-state index contributed by atoms with van der Waals surface area (Å²) in [4.78, 5) is 24.6. The van der Waals surface area contributed by atoms with Gasteiger partial charge in [0.25, 0.3) is 0 Å². The Hall–Kier alpha value is -2.23. The van der Waals surface area contributed by atoms with Gasteiger partial charge < -0.3 is 10.6 Å². The molecule has 0 aromatic heterocycles. The van der Waals surface area contributed by atoms with Gasteiger partial charge in [0.15, 0.2) is 0 Å². The first-order chi connectivity index (χ1) is 14.2. The van der Waals surface area contributed by atoms with E-state index in [-0.39, 0.29) is 29.7 Å². The number of nitrogens with one attached hydrogen (secondary N) is 3. The molecule has 30 heavy (non-hydrogen) atoms. The van der Waals surface area contributed by atoms with Gasteiger partial charge >= 0.3 is 0 Å². The summed E-state index contributed by atoms with van der Waals surface area (Å²) in [6.07, 6.45) is 0.100. The zero-order valence-electron chi connectivity index (χ0n) is 16.9. The molecule has 0 heterocycles. The highest BCUT2D eigenvalue weighted by atomic mass is 79.9. The normalized spacial score (nSPS) is 12.4. The lowest BCUT2D eigenvalue weighted by molar-refractivity contribution is -0.124. The van der Waals surface area contributed by atoms with Crippen molar-refractivity contribution >= 4 is 37.8 Å². The van der Waals surface area contributed by atoms with Gasteiger partial charge in [-0.25, -0.2) is 8.42 Å². The molecule has 0 fully saturated rings. The molecule has 3 N–H and O–H groups in total. The lowest BCUT2D eigenvalue weighted by Gasteiger charge is -2.21. The predicted octanol–water partition coefficient (Wildman–Crippen LogP) is 2.57. The van der Waals surface area contributed by atoms with E-state index in [0.29, 0.717) is 6.54 Å². The number of halogens is 1. The van der Waals surface area contributed by atoms with Gasteiger partial charge in [0.2, 0.25) is 21.8 Å². The lowest BCUT2D eigenvalue weighted by atomic mass is 10.1. The maximum absolute atomic E-state index is 12.6. The van der Waals surface area contributed by atoms with E-state index in [0.717, 1.165) is 10.0 Å². The summed E-state index contributed by atoms with van der Waals surface area (Å²) in [6.45, 7) is 4.03. The number of hydrogen-bond acceptors (Lipinski definition) is 4. The Morgan fingerprint density at radius 3 is 2.20 bits per heavy atom. The molecule has 0 aliphatic heterocycles. The van der Waals surface area contributed by atoms with Gasteiger partial charge in [0.05, 0.1) is 4.90 Å². The molecule has 1 atom stereocenters. The molecule has 0 saturated carbocycles. The number of hydrogen-bond donors (Lipinski definition) is 3. The van der Waals surface area contributed by atoms with Crippen molar-refractivity contribution in [2.75, 3.05) is 6.54 Å². The molecule has 0 spiro atoms. The number of amides is 2. The van der Waals surface area contributed by atoms with Crippen LogP contribution in [0.5, 0.6) is 0 Å². The molecule has 0 unspecified atom stereocenters. The number of carbonyl (C=O) groups excluding carboxylic acids is 2. The topological polar surface area (TPSA) is 104 Å². The van der Waals surface area contributed by atoms with Crippen LogP contribution in [-0.4, -0.2) is 32.8 Å². The van der Waals surface area contributed by atoms with Crippen molar-refractivity contribution in [1.82, 2.24) is 15.4 Å². The second-order valence-corrected chi connectivity index (χ2v) is 9.73. The Morgan fingerprint density at radius 1 is 0.967 bits per heavy atom. The van der Waals surface area contributed by atoms with Crippen LogP contribution in [-0.2, 0) is 26.2 Å². The molecule has 2 rings (SSSR count). The van der Waals surface area contributed by atoms with Crippen LogP contribution in [0.15, 0.2) is 64.0 Å². The summed E-state index contributed by atoms with van der Waals surface area (Å²) >= 11 is 3.26. The summed E-state index contributed by atoms with van der Waals surface area (Å²) in [5.41, 5.74) is 0.983. The molecule has 0 saturated heterocycles. The van der Waals surface area contributed by atoms with Crippen LogP contribution in [0.4, 0.5) is 0 Å². The minimum atomic E-state index is -3.86. The van der Waals surface area contributed by atoms with Crippen LogP contribution >= 0.6 is 15.9 Å². The highest BCUT2D eigenvalue weighted by Crippen LogP contribution is 2.16. The first-order valence-corrected chi connectivity index (χ1v) is 11.8. The van der Waals surface area contributed by atoms with Gasteiger partial charge in [0.1, 0.15) is 6.04 Å². The van der Waals surface area contributed by atoms with Crippen LogP contribution in [0.1, 0.15) is 25.8 Å². The van der Waals surface area contributed by atoms with Crippen molar-refractivity contribution in [3.63, 3.8) is 0 Å². The Morgan fingerprint density at radius 2 is 1.60 bits per heavy atom. The summed E-state index contributed by atoms with van der Waals surface area (Å²) in [5.74, 6) is -0.945. The Bertz CT molecular complexity index is 948. The van der Waals surface area contributed by atoms with E-state index in [4.69, 9.17) is 0 Å². The van der Waals surface area contributed by atoms with Crippen LogP contribution in [0, 0.1) is 5.92 Å². The second-order valence-electron chi connectivity index (χ2n) is 7.10. The van der Waals surface area contributed by atoms with Crippen LogP contribution in [0.2, 0.25) is 0 Å². The average Bonchev–Trinajstić information content (AvgIpc) is 2.71. The highest BCUT2D eigenvalue weighted by Gasteiger charge is 2.28. The molecule has 162 valence electrons. The summed E-state index contributed by atoms with van der Waals surface area (Å²) in [5, 5.41) is 5.43. The van der Waals surface area contributed by atoms with Crippen LogP contribution in [0.25, 0.3) is 0 Å². The summed E-state index contributed by atoms with van der Waals surface area (Å²) in [6, 6.07) is 14.7. The van der Waals surface area contributed by atoms with E-state index in [1.807, 2.05) is 30.3 Å². The zero-order valence-corrected chi connectivity index (χ0v) is 19.3. The fourth-order valence-corrected chi connectivity index (χ4v) is 4.24. The molecular formula is C21H26BrN3O4S. The van der Waals surface area contributed by atoms with Crippen molar-refractivity contribution in [2.24, 2.45) is 5.92 Å². The first kappa shape index (κ1) is 24.0. The van der Waals surface area contributed by atoms with Gasteiger partial charge in [-0.15, -0.1) is 0 Å². The van der Waals surface area contributed by atoms with Gasteiger partial charge in [0, 0.05) is 24.0 Å². The molecule has 2 aromatic rings. The number of carbonyl (C=O) groups is 2. The number of benzene rings is 2. The molecule has 2 aromatic carbocycles. The fraction of sp³-hybridized carbons (Fsp3) is 0.333. The van der Waals surface area contributed by atoms with E-state index in [2.05, 4.69) is 31.3 Å². The van der Waals surface area contributed by atoms with Gasteiger partial charge in [-0.1, -0.05) is 60.1 Å². The zero-order chi connectivity index (χ0) is 22.1. The number of sulfonamides is 1. The van der Waals surface area contributed by atoms with Gasteiger partial charge in [-0.2, -0.15) is 4.72 Å². The van der Waals surface area contributed by atoms with E-state index in [1.54, 1.807) is 26.0 Å². The number of rotatable bonds is 10. The molecule has 9 heteroatoms. The third-order valence-electron chi connectivity index (χ3n) is 4.34. The van der Waals surface area contributed by atoms with E-state index < -0.39 is 22.0 Å². The molecule has 7 nitrogen and oxygen atoms in total. The minimum absolute atomic E-state index is 0.0736. The maximum Gasteiger partial charge on any atom is 0.241 e. The van der Waals surface area contributed by atoms with E-state index in [9.17, 15) is 18.0 Å². The lowest BCUT2D eigenvalue weighted by Crippen LogP contribution is -2.50. The molecule has 0 aliphatic rings. The van der Waals surface area contributed by atoms with E-state index >= 15 is 0 Å². The Balaban J connectivity index is 1.86. The monoisotopic (exact) mass is 495 g/mol.